The molecule has 10 nitrogen and oxygen atoms in total. The Morgan fingerprint density at radius 2 is 2.00 bits per heavy atom. The predicted octanol–water partition coefficient (Wildman–Crippen LogP) is -2.65. The minimum absolute atomic E-state index is 0.201. The summed E-state index contributed by atoms with van der Waals surface area (Å²) in [5, 5.41) is 29.3. The van der Waals surface area contributed by atoms with Crippen molar-refractivity contribution in [3.05, 3.63) is 12.7 Å². The molecule has 1 saturated heterocycles. The number of aliphatic hydroxyl groups is 3. The van der Waals surface area contributed by atoms with E-state index < -0.39 is 37.2 Å². The number of nitrogens with zero attached hydrogens (tertiary/aromatic N) is 4. The molecule has 3 rings (SSSR count). The number of ether oxygens (including phenoxy) is 1. The van der Waals surface area contributed by atoms with Crippen LogP contribution in [-0.4, -0.2) is 65.8 Å². The zero-order valence-corrected chi connectivity index (χ0v) is 10.9. The van der Waals surface area contributed by atoms with Crippen LogP contribution < -0.4 is 11.5 Å². The molecule has 0 aliphatic carbocycles. The number of aliphatic hydroxyl groups excluding tert-OH is 3. The van der Waals surface area contributed by atoms with Gasteiger partial charge in [-0.25, -0.2) is 15.0 Å². The number of imidazole rings is 1. The molecular weight excluding hydrogens is 280 g/mol. The normalized spacial score (nSPS) is 33.4. The first-order chi connectivity index (χ1) is 10.0. The van der Waals surface area contributed by atoms with Crippen molar-refractivity contribution in [3.63, 3.8) is 0 Å². The van der Waals surface area contributed by atoms with Gasteiger partial charge in [0.1, 0.15) is 30.2 Å². The highest BCUT2D eigenvalue weighted by Gasteiger charge is 2.43. The average molecular weight is 296 g/mol. The van der Waals surface area contributed by atoms with E-state index in [9.17, 15) is 15.3 Å². The number of nitrogens with two attached hydrogens (primary N) is 2. The van der Waals surface area contributed by atoms with Gasteiger partial charge in [-0.3, -0.25) is 4.57 Å². The van der Waals surface area contributed by atoms with Crippen LogP contribution in [0.25, 0.3) is 11.2 Å². The molecule has 3 heterocycles. The Labute approximate surface area is 119 Å². The van der Waals surface area contributed by atoms with Crippen LogP contribution in [0, 0.1) is 0 Å². The number of hydrogen-bond acceptors (Lipinski definition) is 9. The number of fused-ring (bicyclic) bond motifs is 1. The van der Waals surface area contributed by atoms with Crippen molar-refractivity contribution >= 4 is 17.0 Å². The van der Waals surface area contributed by atoms with Gasteiger partial charge in [-0.15, -0.1) is 0 Å². The highest BCUT2D eigenvalue weighted by molar-refractivity contribution is 5.81. The highest BCUT2D eigenvalue weighted by Crippen LogP contribution is 2.29. The maximum absolute atomic E-state index is 10.2. The Balaban J connectivity index is 2.03. The quantitative estimate of drug-likeness (QED) is 0.397. The molecule has 2 aromatic heterocycles. The van der Waals surface area contributed by atoms with E-state index in [1.165, 1.54) is 17.2 Å². The molecule has 5 atom stereocenters. The standard InChI is InChI=1S/C11H16N6O4/c12-5-7(19)4(1-18)21-11(8(5)20)17-3-16-6-9(13)14-2-15-10(6)17/h2-5,7-8,11,18-20H,1,12H2,(H2,13,14,15)/t4-,5+,7+,8-,11-/m1/s1. The summed E-state index contributed by atoms with van der Waals surface area (Å²) in [7, 11) is 0. The van der Waals surface area contributed by atoms with Crippen molar-refractivity contribution in [2.24, 2.45) is 5.73 Å². The molecule has 0 aromatic carbocycles. The van der Waals surface area contributed by atoms with Gasteiger partial charge in [0, 0.05) is 0 Å². The van der Waals surface area contributed by atoms with Gasteiger partial charge in [-0.2, -0.15) is 0 Å². The van der Waals surface area contributed by atoms with Crippen molar-refractivity contribution < 1.29 is 20.1 Å². The number of anilines is 1. The van der Waals surface area contributed by atoms with Gasteiger partial charge in [0.05, 0.1) is 19.0 Å². The van der Waals surface area contributed by atoms with Gasteiger partial charge in [0.2, 0.25) is 0 Å². The molecule has 0 unspecified atom stereocenters. The first-order valence-electron chi connectivity index (χ1n) is 6.35. The van der Waals surface area contributed by atoms with E-state index in [0.717, 1.165) is 0 Å². The van der Waals surface area contributed by atoms with Crippen molar-refractivity contribution in [1.82, 2.24) is 19.5 Å². The number of nitrogen functional groups attached to an aromatic ring is 1. The largest absolute Gasteiger partial charge is 0.394 e. The lowest BCUT2D eigenvalue weighted by atomic mass is 9.96. The summed E-state index contributed by atoms with van der Waals surface area (Å²) in [6.07, 6.45) is -1.57. The van der Waals surface area contributed by atoms with E-state index in [2.05, 4.69) is 15.0 Å². The summed E-state index contributed by atoms with van der Waals surface area (Å²) in [6, 6.07) is -0.975. The minimum Gasteiger partial charge on any atom is -0.394 e. The molecular formula is C11H16N6O4. The minimum atomic E-state index is -1.20. The van der Waals surface area contributed by atoms with Crippen LogP contribution in [0.2, 0.25) is 0 Å². The maximum Gasteiger partial charge on any atom is 0.167 e. The zero-order chi connectivity index (χ0) is 15.1. The Morgan fingerprint density at radius 1 is 1.24 bits per heavy atom. The maximum atomic E-state index is 10.2. The first-order valence-corrected chi connectivity index (χ1v) is 6.35. The van der Waals surface area contributed by atoms with Gasteiger partial charge in [-0.05, 0) is 0 Å². The lowest BCUT2D eigenvalue weighted by Crippen LogP contribution is -2.60. The predicted molar refractivity (Wildman–Crippen MR) is 70.7 cm³/mol. The third-order valence-electron chi connectivity index (χ3n) is 3.62. The molecule has 0 bridgehead atoms. The summed E-state index contributed by atoms with van der Waals surface area (Å²) in [6.45, 7) is -0.429. The van der Waals surface area contributed by atoms with E-state index >= 15 is 0 Å². The third kappa shape index (κ3) is 2.13. The van der Waals surface area contributed by atoms with Crippen LogP contribution in [0.15, 0.2) is 12.7 Å². The molecule has 0 radical (unpaired) electrons. The number of aromatic nitrogens is 4. The van der Waals surface area contributed by atoms with E-state index in [-0.39, 0.29) is 5.82 Å². The molecule has 0 saturated carbocycles. The zero-order valence-electron chi connectivity index (χ0n) is 10.9. The van der Waals surface area contributed by atoms with E-state index in [1.807, 2.05) is 0 Å². The Morgan fingerprint density at radius 3 is 2.71 bits per heavy atom. The molecule has 1 fully saturated rings. The molecule has 2 aromatic rings. The Bertz CT molecular complexity index is 647. The van der Waals surface area contributed by atoms with Gasteiger partial charge < -0.3 is 31.5 Å². The number of hydrogen-bond donors (Lipinski definition) is 5. The average Bonchev–Trinajstić information content (AvgIpc) is 2.91. The fourth-order valence-electron chi connectivity index (χ4n) is 2.42. The topological polar surface area (TPSA) is 166 Å². The lowest BCUT2D eigenvalue weighted by molar-refractivity contribution is -0.213. The molecule has 114 valence electrons. The van der Waals surface area contributed by atoms with Crippen LogP contribution in [-0.2, 0) is 4.74 Å². The summed E-state index contributed by atoms with van der Waals surface area (Å²) in [4.78, 5) is 12.0. The Kier molecular flexibility index (Phi) is 3.47. The van der Waals surface area contributed by atoms with Crippen molar-refractivity contribution in [2.45, 2.75) is 30.6 Å². The summed E-state index contributed by atoms with van der Waals surface area (Å²) < 4.78 is 6.97. The Hall–Kier alpha value is -1.85. The van der Waals surface area contributed by atoms with Crippen LogP contribution in [0.1, 0.15) is 6.23 Å². The van der Waals surface area contributed by atoms with E-state index in [1.54, 1.807) is 0 Å². The second kappa shape index (κ2) is 5.16. The van der Waals surface area contributed by atoms with Crippen LogP contribution in [0.3, 0.4) is 0 Å². The van der Waals surface area contributed by atoms with Gasteiger partial charge in [0.15, 0.2) is 17.7 Å². The van der Waals surface area contributed by atoms with E-state index in [4.69, 9.17) is 16.2 Å². The van der Waals surface area contributed by atoms with Crippen molar-refractivity contribution in [3.8, 4) is 0 Å². The van der Waals surface area contributed by atoms with Crippen LogP contribution in [0.5, 0.6) is 0 Å². The first kappa shape index (κ1) is 14.1. The monoisotopic (exact) mass is 296 g/mol. The van der Waals surface area contributed by atoms with Gasteiger partial charge >= 0.3 is 0 Å². The molecule has 7 N–H and O–H groups in total. The smallest absolute Gasteiger partial charge is 0.167 e. The molecule has 1 aliphatic heterocycles. The van der Waals surface area contributed by atoms with E-state index in [0.29, 0.717) is 11.2 Å². The fourth-order valence-corrected chi connectivity index (χ4v) is 2.42. The molecule has 0 spiro atoms. The molecule has 1 aliphatic rings. The van der Waals surface area contributed by atoms with Crippen LogP contribution >= 0.6 is 0 Å². The van der Waals surface area contributed by atoms with Crippen molar-refractivity contribution in [2.75, 3.05) is 12.3 Å². The van der Waals surface area contributed by atoms with Crippen LogP contribution in [0.4, 0.5) is 5.82 Å². The fraction of sp³-hybridized carbons (Fsp3) is 0.545. The molecule has 10 heteroatoms. The summed E-state index contributed by atoms with van der Waals surface area (Å²) >= 11 is 0. The molecule has 0 amide bonds. The molecule has 21 heavy (non-hydrogen) atoms. The SMILES string of the molecule is Nc1ncnc2c1ncn2[C@@H]1O[C@H](CO)[C@H](O)[C@H](N)[C@H]1O. The van der Waals surface area contributed by atoms with Crippen molar-refractivity contribution in [1.29, 1.82) is 0 Å². The highest BCUT2D eigenvalue weighted by atomic mass is 16.5. The van der Waals surface area contributed by atoms with Gasteiger partial charge in [0.25, 0.3) is 0 Å². The lowest BCUT2D eigenvalue weighted by Gasteiger charge is -2.41. The summed E-state index contributed by atoms with van der Waals surface area (Å²) in [5.41, 5.74) is 12.2. The van der Waals surface area contributed by atoms with Gasteiger partial charge in [-0.1, -0.05) is 0 Å². The number of rotatable bonds is 2. The second-order valence-electron chi connectivity index (χ2n) is 4.89. The summed E-state index contributed by atoms with van der Waals surface area (Å²) in [5.74, 6) is 0.201. The second-order valence-corrected chi connectivity index (χ2v) is 4.89. The third-order valence-corrected chi connectivity index (χ3v) is 3.62.